The van der Waals surface area contributed by atoms with E-state index in [0.29, 0.717) is 12.2 Å². The number of rotatable bonds is 9. The van der Waals surface area contributed by atoms with Crippen molar-refractivity contribution in [2.75, 3.05) is 40.5 Å². The van der Waals surface area contributed by atoms with Gasteiger partial charge in [-0.2, -0.15) is 0 Å². The molecule has 1 aromatic heterocycles. The minimum Gasteiger partial charge on any atom is -0.497 e. The number of hydrogen-bond acceptors (Lipinski definition) is 6. The molecule has 0 atom stereocenters. The quantitative estimate of drug-likeness (QED) is 0.213. The van der Waals surface area contributed by atoms with Gasteiger partial charge in [0.25, 0.3) is 0 Å². The second-order valence-corrected chi connectivity index (χ2v) is 11.0. The number of aryl methyl sites for hydroxylation is 2. The first-order valence-electron chi connectivity index (χ1n) is 13.2. The van der Waals surface area contributed by atoms with E-state index >= 15 is 0 Å². The minimum atomic E-state index is 0.0123. The molecule has 4 aromatic rings. The number of methoxy groups -OCH3 is 2. The molecular formula is C32H35NO4S. The maximum Gasteiger partial charge on any atom is 0.195 e. The Morgan fingerprint density at radius 2 is 1.53 bits per heavy atom. The molecule has 198 valence electrons. The van der Waals surface area contributed by atoms with Gasteiger partial charge in [-0.05, 0) is 111 Å². The lowest BCUT2D eigenvalue weighted by atomic mass is 9.95. The summed E-state index contributed by atoms with van der Waals surface area (Å²) in [5, 5.41) is 0.934. The van der Waals surface area contributed by atoms with Crippen LogP contribution in [0, 0.1) is 13.8 Å². The Kier molecular flexibility index (Phi) is 8.01. The number of hydrogen-bond donors (Lipinski definition) is 0. The Morgan fingerprint density at radius 3 is 2.18 bits per heavy atom. The number of likely N-dealkylation sites (tertiary alicyclic amines) is 1. The SMILES string of the molecule is COc1ccc(-c2sc3cc(OC)ccc3c2C(=O)c2cc(C)c(OCCN3CCCCC3)c(C)c2)cc1. The summed E-state index contributed by atoms with van der Waals surface area (Å²) in [5.74, 6) is 2.45. The van der Waals surface area contributed by atoms with Gasteiger partial charge in [-0.15, -0.1) is 11.3 Å². The van der Waals surface area contributed by atoms with Crippen LogP contribution in [0.15, 0.2) is 54.6 Å². The van der Waals surface area contributed by atoms with Crippen LogP contribution < -0.4 is 14.2 Å². The molecule has 0 aliphatic carbocycles. The highest BCUT2D eigenvalue weighted by atomic mass is 32.1. The average molecular weight is 530 g/mol. The first-order valence-corrected chi connectivity index (χ1v) is 14.1. The summed E-state index contributed by atoms with van der Waals surface area (Å²) in [6, 6.07) is 17.7. The number of ketones is 1. The predicted octanol–water partition coefficient (Wildman–Crippen LogP) is 7.30. The third-order valence-corrected chi connectivity index (χ3v) is 8.50. The molecule has 0 radical (unpaired) electrons. The fraction of sp³-hybridized carbons (Fsp3) is 0.344. The number of benzene rings is 3. The maximum atomic E-state index is 14.1. The van der Waals surface area contributed by atoms with Crippen molar-refractivity contribution in [2.24, 2.45) is 0 Å². The number of carbonyl (C=O) groups is 1. The molecule has 2 heterocycles. The molecule has 1 aliphatic heterocycles. The number of nitrogens with zero attached hydrogens (tertiary/aromatic N) is 1. The van der Waals surface area contributed by atoms with E-state index in [9.17, 15) is 4.79 Å². The molecule has 0 saturated carbocycles. The van der Waals surface area contributed by atoms with Gasteiger partial charge in [-0.3, -0.25) is 9.69 Å². The zero-order valence-electron chi connectivity index (χ0n) is 22.6. The summed E-state index contributed by atoms with van der Waals surface area (Å²) in [7, 11) is 3.31. The van der Waals surface area contributed by atoms with E-state index in [-0.39, 0.29) is 5.78 Å². The largest absolute Gasteiger partial charge is 0.497 e. The molecule has 0 spiro atoms. The molecule has 1 aliphatic rings. The summed E-state index contributed by atoms with van der Waals surface area (Å²) in [4.78, 5) is 17.6. The standard InChI is InChI=1S/C32H35NO4S/c1-21-18-24(19-22(2)31(21)37-17-16-33-14-6-5-7-15-33)30(34)29-27-13-12-26(36-4)20-28(27)38-32(29)23-8-10-25(35-3)11-9-23/h8-13,18-20H,5-7,14-17H2,1-4H3. The van der Waals surface area contributed by atoms with Crippen molar-refractivity contribution in [3.05, 3.63) is 76.9 Å². The summed E-state index contributed by atoms with van der Waals surface area (Å²) >= 11 is 1.61. The topological polar surface area (TPSA) is 48.0 Å². The lowest BCUT2D eigenvalue weighted by molar-refractivity contribution is 0.104. The molecule has 0 bridgehead atoms. The van der Waals surface area contributed by atoms with Gasteiger partial charge in [-0.1, -0.05) is 6.42 Å². The van der Waals surface area contributed by atoms with Crippen molar-refractivity contribution < 1.29 is 19.0 Å². The number of fused-ring (bicyclic) bond motifs is 1. The second kappa shape index (κ2) is 11.6. The molecule has 5 nitrogen and oxygen atoms in total. The zero-order valence-corrected chi connectivity index (χ0v) is 23.5. The van der Waals surface area contributed by atoms with Gasteiger partial charge in [0, 0.05) is 32.6 Å². The zero-order chi connectivity index (χ0) is 26.6. The van der Waals surface area contributed by atoms with Crippen LogP contribution in [0.3, 0.4) is 0 Å². The van der Waals surface area contributed by atoms with Crippen molar-refractivity contribution in [3.63, 3.8) is 0 Å². The van der Waals surface area contributed by atoms with Crippen LogP contribution in [0.25, 0.3) is 20.5 Å². The summed E-state index contributed by atoms with van der Waals surface area (Å²) < 4.78 is 18.1. The van der Waals surface area contributed by atoms with E-state index in [1.165, 1.54) is 19.3 Å². The van der Waals surface area contributed by atoms with Gasteiger partial charge in [0.05, 0.1) is 14.2 Å². The fourth-order valence-corrected chi connectivity index (χ4v) is 6.52. The normalized spacial score (nSPS) is 14.0. The van der Waals surface area contributed by atoms with Crippen molar-refractivity contribution in [1.29, 1.82) is 0 Å². The first-order chi connectivity index (χ1) is 18.5. The molecule has 3 aromatic carbocycles. The van der Waals surface area contributed by atoms with Crippen LogP contribution in [0.2, 0.25) is 0 Å². The Balaban J connectivity index is 1.47. The van der Waals surface area contributed by atoms with Gasteiger partial charge in [0.1, 0.15) is 23.9 Å². The highest BCUT2D eigenvalue weighted by molar-refractivity contribution is 7.22. The first kappa shape index (κ1) is 26.3. The number of piperidine rings is 1. The molecule has 38 heavy (non-hydrogen) atoms. The lowest BCUT2D eigenvalue weighted by Crippen LogP contribution is -2.33. The lowest BCUT2D eigenvalue weighted by Gasteiger charge is -2.26. The van der Waals surface area contributed by atoms with E-state index in [0.717, 1.165) is 74.1 Å². The number of thiophene rings is 1. The van der Waals surface area contributed by atoms with Crippen LogP contribution in [0.1, 0.15) is 46.3 Å². The third-order valence-electron chi connectivity index (χ3n) is 7.30. The molecule has 0 amide bonds. The smallest absolute Gasteiger partial charge is 0.195 e. The average Bonchev–Trinajstić information content (AvgIpc) is 3.33. The maximum absolute atomic E-state index is 14.1. The van der Waals surface area contributed by atoms with Crippen LogP contribution in [-0.2, 0) is 0 Å². The van der Waals surface area contributed by atoms with Crippen molar-refractivity contribution in [3.8, 4) is 27.7 Å². The summed E-state index contributed by atoms with van der Waals surface area (Å²) in [6.07, 6.45) is 3.88. The molecule has 0 N–H and O–H groups in total. The van der Waals surface area contributed by atoms with Crippen molar-refractivity contribution >= 4 is 27.2 Å². The Morgan fingerprint density at radius 1 is 0.868 bits per heavy atom. The van der Waals surface area contributed by atoms with E-state index < -0.39 is 0 Å². The predicted molar refractivity (Wildman–Crippen MR) is 155 cm³/mol. The van der Waals surface area contributed by atoms with Crippen LogP contribution in [0.5, 0.6) is 17.2 Å². The Hall–Kier alpha value is -3.35. The van der Waals surface area contributed by atoms with E-state index in [2.05, 4.69) is 4.90 Å². The summed E-state index contributed by atoms with van der Waals surface area (Å²) in [6.45, 7) is 7.97. The molecule has 6 heteroatoms. The molecule has 1 saturated heterocycles. The Labute approximate surface area is 229 Å². The van der Waals surface area contributed by atoms with Gasteiger partial charge in [-0.25, -0.2) is 0 Å². The fourth-order valence-electron chi connectivity index (χ4n) is 5.29. The highest BCUT2D eigenvalue weighted by Crippen LogP contribution is 2.42. The van der Waals surface area contributed by atoms with Crippen LogP contribution in [0.4, 0.5) is 0 Å². The Bertz CT molecular complexity index is 1410. The molecule has 0 unspecified atom stereocenters. The second-order valence-electron chi connectivity index (χ2n) is 9.92. The van der Waals surface area contributed by atoms with Gasteiger partial charge in [0.15, 0.2) is 5.78 Å². The third kappa shape index (κ3) is 5.42. The van der Waals surface area contributed by atoms with Crippen LogP contribution >= 0.6 is 11.3 Å². The van der Waals surface area contributed by atoms with Crippen molar-refractivity contribution in [1.82, 2.24) is 4.90 Å². The van der Waals surface area contributed by atoms with Gasteiger partial charge in [0.2, 0.25) is 0 Å². The van der Waals surface area contributed by atoms with E-state index in [1.54, 1.807) is 25.6 Å². The van der Waals surface area contributed by atoms with E-state index in [1.807, 2.05) is 68.4 Å². The number of carbonyl (C=O) groups excluding carboxylic acids is 1. The molecule has 1 fully saturated rings. The highest BCUT2D eigenvalue weighted by Gasteiger charge is 2.23. The number of ether oxygens (including phenoxy) is 3. The van der Waals surface area contributed by atoms with Gasteiger partial charge < -0.3 is 14.2 Å². The molecular weight excluding hydrogens is 494 g/mol. The summed E-state index contributed by atoms with van der Waals surface area (Å²) in [5.41, 5.74) is 4.35. The van der Waals surface area contributed by atoms with Crippen LogP contribution in [-0.4, -0.2) is 51.1 Å². The monoisotopic (exact) mass is 529 g/mol. The molecule has 5 rings (SSSR count). The minimum absolute atomic E-state index is 0.0123. The van der Waals surface area contributed by atoms with Crippen molar-refractivity contribution in [2.45, 2.75) is 33.1 Å². The van der Waals surface area contributed by atoms with E-state index in [4.69, 9.17) is 14.2 Å². The van der Waals surface area contributed by atoms with Gasteiger partial charge >= 0.3 is 0 Å².